The summed E-state index contributed by atoms with van der Waals surface area (Å²) in [6.07, 6.45) is 1.62. The average Bonchev–Trinajstić information content (AvgIpc) is 2.64. The zero-order valence-corrected chi connectivity index (χ0v) is 14.8. The normalized spacial score (nSPS) is 10.4. The molecule has 0 atom stereocenters. The Hall–Kier alpha value is -3.34. The Kier molecular flexibility index (Phi) is 5.49. The number of aromatic nitrogens is 1. The lowest BCUT2D eigenvalue weighted by Gasteiger charge is -2.11. The highest BCUT2D eigenvalue weighted by Crippen LogP contribution is 2.24. The van der Waals surface area contributed by atoms with Crippen LogP contribution in [0.2, 0.25) is 0 Å². The summed E-state index contributed by atoms with van der Waals surface area (Å²) in [5.74, 6) is 1.37. The SMILES string of the molecule is CC(C)NC(=O)c1cc(Nc2ccc(Oc3ccccc3)cc2)ccn1. The number of carbonyl (C=O) groups is 1. The van der Waals surface area contributed by atoms with Crippen LogP contribution in [0, 0.1) is 0 Å². The largest absolute Gasteiger partial charge is 0.457 e. The van der Waals surface area contributed by atoms with E-state index in [9.17, 15) is 4.79 Å². The molecule has 132 valence electrons. The van der Waals surface area contributed by atoms with Gasteiger partial charge in [0.15, 0.2) is 0 Å². The molecule has 5 heteroatoms. The number of carbonyl (C=O) groups excluding carboxylic acids is 1. The van der Waals surface area contributed by atoms with Crippen LogP contribution in [-0.4, -0.2) is 16.9 Å². The van der Waals surface area contributed by atoms with Crippen LogP contribution in [0.25, 0.3) is 0 Å². The summed E-state index contributed by atoms with van der Waals surface area (Å²) in [5.41, 5.74) is 2.07. The van der Waals surface area contributed by atoms with E-state index in [1.54, 1.807) is 12.3 Å². The quantitative estimate of drug-likeness (QED) is 0.675. The van der Waals surface area contributed by atoms with Crippen molar-refractivity contribution in [2.75, 3.05) is 5.32 Å². The number of para-hydroxylation sites is 1. The minimum Gasteiger partial charge on any atom is -0.457 e. The van der Waals surface area contributed by atoms with Crippen LogP contribution in [0.5, 0.6) is 11.5 Å². The second kappa shape index (κ2) is 8.16. The van der Waals surface area contributed by atoms with Crippen molar-refractivity contribution in [3.05, 3.63) is 78.6 Å². The van der Waals surface area contributed by atoms with Crippen LogP contribution >= 0.6 is 0 Å². The second-order valence-electron chi connectivity index (χ2n) is 6.12. The van der Waals surface area contributed by atoms with Crippen LogP contribution < -0.4 is 15.4 Å². The predicted molar refractivity (Wildman–Crippen MR) is 103 cm³/mol. The Morgan fingerprint density at radius 2 is 1.62 bits per heavy atom. The third-order valence-electron chi connectivity index (χ3n) is 3.53. The van der Waals surface area contributed by atoms with Crippen LogP contribution in [0.3, 0.4) is 0 Å². The van der Waals surface area contributed by atoms with Crippen LogP contribution in [0.1, 0.15) is 24.3 Å². The number of nitrogens with zero attached hydrogens (tertiary/aromatic N) is 1. The molecule has 0 fully saturated rings. The first-order valence-electron chi connectivity index (χ1n) is 8.47. The molecule has 0 aliphatic rings. The lowest BCUT2D eigenvalue weighted by molar-refractivity contribution is 0.0938. The number of pyridine rings is 1. The molecule has 26 heavy (non-hydrogen) atoms. The Labute approximate surface area is 153 Å². The summed E-state index contributed by atoms with van der Waals surface area (Å²) in [5, 5.41) is 6.10. The topological polar surface area (TPSA) is 63.2 Å². The van der Waals surface area contributed by atoms with Gasteiger partial charge in [0.1, 0.15) is 17.2 Å². The molecule has 1 aromatic heterocycles. The van der Waals surface area contributed by atoms with Crippen LogP contribution in [-0.2, 0) is 0 Å². The summed E-state index contributed by atoms with van der Waals surface area (Å²) in [7, 11) is 0. The number of hydrogen-bond donors (Lipinski definition) is 2. The molecule has 1 amide bonds. The van der Waals surface area contributed by atoms with Gasteiger partial charge in [0, 0.05) is 23.6 Å². The maximum absolute atomic E-state index is 12.1. The Bertz CT molecular complexity index is 862. The van der Waals surface area contributed by atoms with Gasteiger partial charge in [-0.2, -0.15) is 0 Å². The standard InChI is InChI=1S/C21H21N3O2/c1-15(2)23-21(25)20-14-17(12-13-22-20)24-16-8-10-19(11-9-16)26-18-6-4-3-5-7-18/h3-15H,1-2H3,(H,22,24)(H,23,25). The zero-order valence-electron chi connectivity index (χ0n) is 14.8. The lowest BCUT2D eigenvalue weighted by atomic mass is 10.2. The molecule has 1 heterocycles. The van der Waals surface area contributed by atoms with E-state index in [2.05, 4.69) is 15.6 Å². The number of ether oxygens (including phenoxy) is 1. The molecule has 0 bridgehead atoms. The van der Waals surface area contributed by atoms with Gasteiger partial charge in [-0.3, -0.25) is 9.78 Å². The number of amides is 1. The first kappa shape index (κ1) is 17.5. The fraction of sp³-hybridized carbons (Fsp3) is 0.143. The predicted octanol–water partition coefficient (Wildman–Crippen LogP) is 4.76. The van der Waals surface area contributed by atoms with Crippen LogP contribution in [0.4, 0.5) is 11.4 Å². The molecule has 0 saturated carbocycles. The summed E-state index contributed by atoms with van der Waals surface area (Å²) in [6.45, 7) is 3.83. The number of nitrogens with one attached hydrogen (secondary N) is 2. The van der Waals surface area contributed by atoms with E-state index in [0.717, 1.165) is 22.9 Å². The summed E-state index contributed by atoms with van der Waals surface area (Å²) >= 11 is 0. The zero-order chi connectivity index (χ0) is 18.4. The molecule has 5 nitrogen and oxygen atoms in total. The van der Waals surface area contributed by atoms with E-state index in [-0.39, 0.29) is 11.9 Å². The van der Waals surface area contributed by atoms with E-state index in [1.165, 1.54) is 0 Å². The summed E-state index contributed by atoms with van der Waals surface area (Å²) < 4.78 is 5.78. The van der Waals surface area contributed by atoms with Crippen molar-refractivity contribution in [2.24, 2.45) is 0 Å². The third-order valence-corrected chi connectivity index (χ3v) is 3.53. The van der Waals surface area contributed by atoms with Crippen LogP contribution in [0.15, 0.2) is 72.9 Å². The number of anilines is 2. The molecule has 0 spiro atoms. The molecular formula is C21H21N3O2. The van der Waals surface area contributed by atoms with Gasteiger partial charge in [-0.05, 0) is 62.4 Å². The highest BCUT2D eigenvalue weighted by Gasteiger charge is 2.09. The molecule has 0 radical (unpaired) electrons. The van der Waals surface area contributed by atoms with Crippen molar-refractivity contribution in [1.82, 2.24) is 10.3 Å². The van der Waals surface area contributed by atoms with Crippen molar-refractivity contribution in [3.8, 4) is 11.5 Å². The fourth-order valence-electron chi connectivity index (χ4n) is 2.37. The first-order chi connectivity index (χ1) is 12.6. The third kappa shape index (κ3) is 4.83. The molecule has 0 aliphatic heterocycles. The lowest BCUT2D eigenvalue weighted by Crippen LogP contribution is -2.30. The number of benzene rings is 2. The molecule has 0 unspecified atom stereocenters. The van der Waals surface area contributed by atoms with E-state index >= 15 is 0 Å². The smallest absolute Gasteiger partial charge is 0.270 e. The molecular weight excluding hydrogens is 326 g/mol. The molecule has 0 aliphatic carbocycles. The summed E-state index contributed by atoms with van der Waals surface area (Å²) in [4.78, 5) is 16.2. The highest BCUT2D eigenvalue weighted by atomic mass is 16.5. The number of rotatable bonds is 6. The average molecular weight is 347 g/mol. The molecule has 3 aromatic rings. The van der Waals surface area contributed by atoms with E-state index in [0.29, 0.717) is 5.69 Å². The molecule has 0 saturated heterocycles. The number of hydrogen-bond acceptors (Lipinski definition) is 4. The van der Waals surface area contributed by atoms with Gasteiger partial charge >= 0.3 is 0 Å². The van der Waals surface area contributed by atoms with Gasteiger partial charge < -0.3 is 15.4 Å². The van der Waals surface area contributed by atoms with E-state index < -0.39 is 0 Å². The fourth-order valence-corrected chi connectivity index (χ4v) is 2.37. The van der Waals surface area contributed by atoms with Crippen molar-refractivity contribution < 1.29 is 9.53 Å². The van der Waals surface area contributed by atoms with Gasteiger partial charge in [0.2, 0.25) is 0 Å². The monoisotopic (exact) mass is 347 g/mol. The summed E-state index contributed by atoms with van der Waals surface area (Å²) in [6, 6.07) is 20.9. The van der Waals surface area contributed by atoms with Gasteiger partial charge in [-0.1, -0.05) is 18.2 Å². The Morgan fingerprint density at radius 3 is 2.31 bits per heavy atom. The van der Waals surface area contributed by atoms with Gasteiger partial charge in [0.05, 0.1) is 0 Å². The Morgan fingerprint density at radius 1 is 0.923 bits per heavy atom. The Balaban J connectivity index is 1.66. The van der Waals surface area contributed by atoms with E-state index in [4.69, 9.17) is 4.74 Å². The minimum atomic E-state index is -0.185. The van der Waals surface area contributed by atoms with Crippen molar-refractivity contribution in [3.63, 3.8) is 0 Å². The second-order valence-corrected chi connectivity index (χ2v) is 6.12. The maximum Gasteiger partial charge on any atom is 0.270 e. The highest BCUT2D eigenvalue weighted by molar-refractivity contribution is 5.93. The van der Waals surface area contributed by atoms with Crippen molar-refractivity contribution in [1.29, 1.82) is 0 Å². The minimum absolute atomic E-state index is 0.0677. The van der Waals surface area contributed by atoms with Gasteiger partial charge in [-0.25, -0.2) is 0 Å². The molecule has 2 N–H and O–H groups in total. The molecule has 2 aromatic carbocycles. The van der Waals surface area contributed by atoms with Gasteiger partial charge in [-0.15, -0.1) is 0 Å². The first-order valence-corrected chi connectivity index (χ1v) is 8.47. The van der Waals surface area contributed by atoms with E-state index in [1.807, 2.05) is 74.5 Å². The molecule has 3 rings (SSSR count). The van der Waals surface area contributed by atoms with Crippen molar-refractivity contribution in [2.45, 2.75) is 19.9 Å². The van der Waals surface area contributed by atoms with Gasteiger partial charge in [0.25, 0.3) is 5.91 Å². The van der Waals surface area contributed by atoms with Crippen molar-refractivity contribution >= 4 is 17.3 Å². The maximum atomic E-state index is 12.1.